The van der Waals surface area contributed by atoms with Gasteiger partial charge >= 0.3 is 0 Å². The first-order chi connectivity index (χ1) is 10.1. The maximum Gasteiger partial charge on any atom is 0.128 e. The van der Waals surface area contributed by atoms with Crippen molar-refractivity contribution in [3.8, 4) is 6.07 Å². The van der Waals surface area contributed by atoms with Crippen molar-refractivity contribution in [2.24, 2.45) is 0 Å². The number of aromatic nitrogens is 2. The van der Waals surface area contributed by atoms with Crippen LogP contribution in [0.25, 0.3) is 11.0 Å². The minimum absolute atomic E-state index is 0.306. The van der Waals surface area contributed by atoms with E-state index in [1.165, 1.54) is 23.3 Å². The van der Waals surface area contributed by atoms with Gasteiger partial charge in [-0.05, 0) is 55.3 Å². The maximum atomic E-state index is 13.9. The lowest BCUT2D eigenvalue weighted by molar-refractivity contribution is 0.601. The lowest BCUT2D eigenvalue weighted by Gasteiger charge is -2.07. The predicted molar refractivity (Wildman–Crippen MR) is 79.4 cm³/mol. The number of fused-ring (bicyclic) bond motifs is 1. The molecule has 0 aliphatic heterocycles. The van der Waals surface area contributed by atoms with E-state index in [4.69, 9.17) is 5.26 Å². The van der Waals surface area contributed by atoms with E-state index < -0.39 is 0 Å². The molecule has 21 heavy (non-hydrogen) atoms. The van der Waals surface area contributed by atoms with Crippen LogP contribution in [0.1, 0.15) is 22.3 Å². The van der Waals surface area contributed by atoms with Gasteiger partial charge in [-0.25, -0.2) is 9.37 Å². The van der Waals surface area contributed by atoms with Gasteiger partial charge in [-0.3, -0.25) is 0 Å². The zero-order valence-corrected chi connectivity index (χ0v) is 11.9. The number of aryl methyl sites for hydroxylation is 2. The van der Waals surface area contributed by atoms with E-state index >= 15 is 0 Å². The average molecular weight is 279 g/mol. The van der Waals surface area contributed by atoms with Crippen LogP contribution in [0.4, 0.5) is 4.39 Å². The van der Waals surface area contributed by atoms with Crippen molar-refractivity contribution in [1.82, 2.24) is 9.55 Å². The quantitative estimate of drug-likeness (QED) is 0.717. The molecule has 1 aromatic heterocycles. The van der Waals surface area contributed by atoms with Crippen LogP contribution in [-0.4, -0.2) is 9.55 Å². The molecule has 3 aromatic rings. The molecule has 0 aliphatic rings. The molecule has 0 N–H and O–H groups in total. The average Bonchev–Trinajstić information content (AvgIpc) is 2.84. The van der Waals surface area contributed by atoms with Gasteiger partial charge in [-0.15, -0.1) is 0 Å². The Morgan fingerprint density at radius 3 is 2.71 bits per heavy atom. The largest absolute Gasteiger partial charge is 0.326 e. The monoisotopic (exact) mass is 279 g/mol. The number of benzene rings is 2. The lowest BCUT2D eigenvalue weighted by Crippen LogP contribution is -2.01. The molecule has 0 fully saturated rings. The van der Waals surface area contributed by atoms with Gasteiger partial charge in [-0.2, -0.15) is 5.26 Å². The van der Waals surface area contributed by atoms with Gasteiger partial charge in [0.2, 0.25) is 0 Å². The predicted octanol–water partition coefficient (Wildman–Crippen LogP) is 3.71. The highest BCUT2D eigenvalue weighted by Crippen LogP contribution is 2.20. The van der Waals surface area contributed by atoms with Crippen molar-refractivity contribution >= 4 is 11.0 Å². The summed E-state index contributed by atoms with van der Waals surface area (Å²) in [5, 5.41) is 8.93. The molecule has 0 spiro atoms. The highest BCUT2D eigenvalue weighted by Gasteiger charge is 2.09. The summed E-state index contributed by atoms with van der Waals surface area (Å²) >= 11 is 0. The summed E-state index contributed by atoms with van der Waals surface area (Å²) in [7, 11) is 0. The number of rotatable bonds is 2. The van der Waals surface area contributed by atoms with Crippen LogP contribution >= 0.6 is 0 Å². The third kappa shape index (κ3) is 2.38. The van der Waals surface area contributed by atoms with Crippen LogP contribution in [0, 0.1) is 31.0 Å². The van der Waals surface area contributed by atoms with E-state index in [0.717, 1.165) is 11.0 Å². The van der Waals surface area contributed by atoms with Crippen molar-refractivity contribution in [3.05, 3.63) is 64.7 Å². The number of hydrogen-bond donors (Lipinski definition) is 0. The molecule has 0 atom stereocenters. The van der Waals surface area contributed by atoms with Gasteiger partial charge in [0, 0.05) is 5.56 Å². The first-order valence-corrected chi connectivity index (χ1v) is 6.69. The summed E-state index contributed by atoms with van der Waals surface area (Å²) < 4.78 is 15.8. The topological polar surface area (TPSA) is 41.6 Å². The Hall–Kier alpha value is -2.67. The Balaban J connectivity index is 2.07. The first kappa shape index (κ1) is 13.3. The summed E-state index contributed by atoms with van der Waals surface area (Å²) in [6, 6.07) is 10.5. The fourth-order valence-corrected chi connectivity index (χ4v) is 2.39. The molecule has 2 aromatic carbocycles. The number of imidazole rings is 1. The Morgan fingerprint density at radius 1 is 1.19 bits per heavy atom. The molecule has 0 saturated heterocycles. The van der Waals surface area contributed by atoms with E-state index in [9.17, 15) is 4.39 Å². The van der Waals surface area contributed by atoms with Gasteiger partial charge in [0.1, 0.15) is 5.82 Å². The van der Waals surface area contributed by atoms with E-state index in [1.54, 1.807) is 12.4 Å². The Kier molecular flexibility index (Phi) is 3.19. The van der Waals surface area contributed by atoms with Crippen molar-refractivity contribution < 1.29 is 4.39 Å². The van der Waals surface area contributed by atoms with Crippen molar-refractivity contribution in [2.45, 2.75) is 20.4 Å². The van der Waals surface area contributed by atoms with Crippen molar-refractivity contribution in [2.75, 3.05) is 0 Å². The number of nitrogens with zero attached hydrogens (tertiary/aromatic N) is 3. The molecule has 1 heterocycles. The summed E-state index contributed by atoms with van der Waals surface area (Å²) in [6.07, 6.45) is 1.71. The summed E-state index contributed by atoms with van der Waals surface area (Å²) in [5.41, 5.74) is 5.19. The van der Waals surface area contributed by atoms with Gasteiger partial charge < -0.3 is 4.57 Å². The Morgan fingerprint density at radius 2 is 1.95 bits per heavy atom. The van der Waals surface area contributed by atoms with Crippen LogP contribution < -0.4 is 0 Å². The maximum absolute atomic E-state index is 13.9. The Bertz CT molecular complexity index is 872. The summed E-state index contributed by atoms with van der Waals surface area (Å²) in [6.45, 7) is 4.45. The minimum Gasteiger partial charge on any atom is -0.326 e. The highest BCUT2D eigenvalue weighted by atomic mass is 19.1. The van der Waals surface area contributed by atoms with Crippen molar-refractivity contribution in [3.63, 3.8) is 0 Å². The number of halogens is 1. The third-order valence-corrected chi connectivity index (χ3v) is 3.75. The Labute approximate surface area is 122 Å². The zero-order chi connectivity index (χ0) is 15.0. The molecule has 0 amide bonds. The first-order valence-electron chi connectivity index (χ1n) is 6.69. The molecule has 4 heteroatoms. The number of hydrogen-bond acceptors (Lipinski definition) is 2. The normalized spacial score (nSPS) is 10.8. The van der Waals surface area contributed by atoms with Crippen LogP contribution in [0.15, 0.2) is 36.7 Å². The minimum atomic E-state index is -0.306. The van der Waals surface area contributed by atoms with Crippen LogP contribution in [0.2, 0.25) is 0 Å². The van der Waals surface area contributed by atoms with Gasteiger partial charge in [0.15, 0.2) is 0 Å². The van der Waals surface area contributed by atoms with Crippen LogP contribution in [0.3, 0.4) is 0 Å². The molecule has 0 bridgehead atoms. The SMILES string of the molecule is Cc1cc2ncn(Cc3cc(C#N)ccc3F)c2cc1C. The zero-order valence-electron chi connectivity index (χ0n) is 11.9. The fourth-order valence-electron chi connectivity index (χ4n) is 2.39. The second-order valence-corrected chi connectivity index (χ2v) is 5.22. The summed E-state index contributed by atoms with van der Waals surface area (Å²) in [4.78, 5) is 4.36. The molecular formula is C17H14FN3. The number of nitriles is 1. The molecule has 104 valence electrons. The highest BCUT2D eigenvalue weighted by molar-refractivity contribution is 5.77. The molecule has 0 saturated carbocycles. The second-order valence-electron chi connectivity index (χ2n) is 5.22. The molecule has 3 rings (SSSR count). The molecule has 0 radical (unpaired) electrons. The molecule has 0 unspecified atom stereocenters. The van der Waals surface area contributed by atoms with Gasteiger partial charge in [0.25, 0.3) is 0 Å². The van der Waals surface area contributed by atoms with Crippen LogP contribution in [0.5, 0.6) is 0 Å². The van der Waals surface area contributed by atoms with E-state index in [1.807, 2.05) is 30.6 Å². The van der Waals surface area contributed by atoms with E-state index in [0.29, 0.717) is 17.7 Å². The smallest absolute Gasteiger partial charge is 0.128 e. The standard InChI is InChI=1S/C17H14FN3/c1-11-5-16-17(6-12(11)2)21(10-20-16)9-14-7-13(8-19)3-4-15(14)18/h3-7,10H,9H2,1-2H3. The van der Waals surface area contributed by atoms with Crippen molar-refractivity contribution in [1.29, 1.82) is 5.26 Å². The molecular weight excluding hydrogens is 265 g/mol. The van der Waals surface area contributed by atoms with E-state index in [-0.39, 0.29) is 5.82 Å². The fraction of sp³-hybridized carbons (Fsp3) is 0.176. The van der Waals surface area contributed by atoms with E-state index in [2.05, 4.69) is 11.1 Å². The summed E-state index contributed by atoms with van der Waals surface area (Å²) in [5.74, 6) is -0.306. The van der Waals surface area contributed by atoms with Crippen LogP contribution in [-0.2, 0) is 6.54 Å². The lowest BCUT2D eigenvalue weighted by atomic mass is 10.1. The third-order valence-electron chi connectivity index (χ3n) is 3.75. The molecule has 0 aliphatic carbocycles. The van der Waals surface area contributed by atoms with Gasteiger partial charge in [-0.1, -0.05) is 0 Å². The molecule has 3 nitrogen and oxygen atoms in total. The second kappa shape index (κ2) is 5.02. The van der Waals surface area contributed by atoms with Gasteiger partial charge in [0.05, 0.1) is 35.5 Å².